The number of nitrogens with one attached hydrogen (secondary N) is 1. The van der Waals surface area contributed by atoms with E-state index in [1.54, 1.807) is 0 Å². The van der Waals surface area contributed by atoms with Gasteiger partial charge in [-0.2, -0.15) is 0 Å². The molecule has 0 spiro atoms. The first-order valence-corrected chi connectivity index (χ1v) is 5.40. The topological polar surface area (TPSA) is 52.5 Å². The lowest BCUT2D eigenvalue weighted by molar-refractivity contribution is 0.157. The van der Waals surface area contributed by atoms with Gasteiger partial charge in [0.1, 0.15) is 0 Å². The summed E-state index contributed by atoms with van der Waals surface area (Å²) in [7, 11) is 0. The third-order valence-electron chi connectivity index (χ3n) is 2.76. The quantitative estimate of drug-likeness (QED) is 0.504. The maximum atomic E-state index is 8.96. The van der Waals surface area contributed by atoms with Crippen LogP contribution >= 0.6 is 0 Å². The number of rotatable bonds is 8. The predicted octanol–water partition coefficient (Wildman–Crippen LogP) is 0.674. The van der Waals surface area contributed by atoms with Crippen LogP contribution in [0.4, 0.5) is 0 Å². The van der Waals surface area contributed by atoms with Crippen molar-refractivity contribution in [2.45, 2.75) is 37.8 Å². The number of hydrogen-bond donors (Lipinski definition) is 3. The summed E-state index contributed by atoms with van der Waals surface area (Å²) in [5, 5.41) is 21.2. The first-order chi connectivity index (χ1) is 6.81. The van der Waals surface area contributed by atoms with Gasteiger partial charge in [-0.05, 0) is 31.6 Å². The van der Waals surface area contributed by atoms with Crippen molar-refractivity contribution in [1.82, 2.24) is 5.32 Å². The normalized spacial score (nSPS) is 18.5. The Morgan fingerprint density at radius 1 is 1.36 bits per heavy atom. The number of hydrogen-bond acceptors (Lipinski definition) is 3. The highest BCUT2D eigenvalue weighted by molar-refractivity contribution is 4.89. The van der Waals surface area contributed by atoms with Crippen molar-refractivity contribution in [1.29, 1.82) is 0 Å². The van der Waals surface area contributed by atoms with Crippen LogP contribution in [0, 0.1) is 5.92 Å². The van der Waals surface area contributed by atoms with Crippen LogP contribution in [-0.4, -0.2) is 35.5 Å². The fourth-order valence-electron chi connectivity index (χ4n) is 1.72. The summed E-state index contributed by atoms with van der Waals surface area (Å²) >= 11 is 0. The zero-order valence-corrected chi connectivity index (χ0v) is 8.65. The van der Waals surface area contributed by atoms with E-state index in [0.29, 0.717) is 6.04 Å². The van der Waals surface area contributed by atoms with Crippen molar-refractivity contribution in [2.24, 2.45) is 5.92 Å². The Bertz CT molecular complexity index is 165. The molecule has 0 aromatic carbocycles. The van der Waals surface area contributed by atoms with E-state index in [2.05, 4.69) is 11.9 Å². The van der Waals surface area contributed by atoms with Crippen molar-refractivity contribution >= 4 is 0 Å². The van der Waals surface area contributed by atoms with Crippen LogP contribution in [0.15, 0.2) is 12.7 Å². The molecule has 82 valence electrons. The van der Waals surface area contributed by atoms with Crippen LogP contribution in [0.3, 0.4) is 0 Å². The van der Waals surface area contributed by atoms with E-state index in [1.807, 2.05) is 6.08 Å². The van der Waals surface area contributed by atoms with Gasteiger partial charge in [0.25, 0.3) is 0 Å². The number of allylic oxidation sites excluding steroid dienone is 1. The van der Waals surface area contributed by atoms with E-state index in [0.717, 1.165) is 18.8 Å². The minimum absolute atomic E-state index is 0.00775. The lowest BCUT2D eigenvalue weighted by Crippen LogP contribution is -2.43. The van der Waals surface area contributed by atoms with E-state index in [4.69, 9.17) is 10.2 Å². The second-order valence-corrected chi connectivity index (χ2v) is 4.04. The van der Waals surface area contributed by atoms with E-state index < -0.39 is 0 Å². The highest BCUT2D eigenvalue weighted by Crippen LogP contribution is 2.34. The Balaban J connectivity index is 2.29. The average Bonchev–Trinajstić information content (AvgIpc) is 3.02. The van der Waals surface area contributed by atoms with Gasteiger partial charge in [-0.1, -0.05) is 6.08 Å². The molecular weight excluding hydrogens is 178 g/mol. The Labute approximate surface area is 85.8 Å². The molecule has 3 N–H and O–H groups in total. The molecule has 0 aromatic rings. The molecule has 1 fully saturated rings. The van der Waals surface area contributed by atoms with E-state index >= 15 is 0 Å². The maximum absolute atomic E-state index is 8.96. The molecule has 0 bridgehead atoms. The summed E-state index contributed by atoms with van der Waals surface area (Å²) in [6.45, 7) is 3.72. The molecule has 1 saturated carbocycles. The molecular formula is C11H21NO2. The zero-order chi connectivity index (χ0) is 10.4. The molecule has 0 radical (unpaired) electrons. The van der Waals surface area contributed by atoms with Gasteiger partial charge in [0.2, 0.25) is 0 Å². The standard InChI is InChI=1S/C11H21NO2/c1-2-3-4-11(9-5-6-9)12-10(7-13)8-14/h2,9-14H,1,3-8H2. The molecule has 1 unspecified atom stereocenters. The molecule has 0 heterocycles. The Hall–Kier alpha value is -0.380. The van der Waals surface area contributed by atoms with Gasteiger partial charge in [0.05, 0.1) is 19.3 Å². The van der Waals surface area contributed by atoms with Crippen molar-refractivity contribution < 1.29 is 10.2 Å². The Morgan fingerprint density at radius 3 is 2.43 bits per heavy atom. The van der Waals surface area contributed by atoms with E-state index in [1.165, 1.54) is 12.8 Å². The maximum Gasteiger partial charge on any atom is 0.0607 e. The van der Waals surface area contributed by atoms with Gasteiger partial charge in [-0.3, -0.25) is 0 Å². The number of aliphatic hydroxyl groups excluding tert-OH is 2. The second-order valence-electron chi connectivity index (χ2n) is 4.04. The monoisotopic (exact) mass is 199 g/mol. The Kier molecular flexibility index (Phi) is 5.15. The largest absolute Gasteiger partial charge is 0.395 e. The van der Waals surface area contributed by atoms with Crippen LogP contribution < -0.4 is 5.32 Å². The molecule has 0 saturated heterocycles. The lowest BCUT2D eigenvalue weighted by atomic mass is 10.1. The Morgan fingerprint density at radius 2 is 2.00 bits per heavy atom. The summed E-state index contributed by atoms with van der Waals surface area (Å²) in [5.74, 6) is 0.746. The molecule has 0 amide bonds. The fourth-order valence-corrected chi connectivity index (χ4v) is 1.72. The summed E-state index contributed by atoms with van der Waals surface area (Å²) < 4.78 is 0. The number of aliphatic hydroxyl groups is 2. The van der Waals surface area contributed by atoms with Crippen molar-refractivity contribution in [3.63, 3.8) is 0 Å². The van der Waals surface area contributed by atoms with Crippen molar-refractivity contribution in [3.8, 4) is 0 Å². The van der Waals surface area contributed by atoms with Crippen LogP contribution in [0.25, 0.3) is 0 Å². The van der Waals surface area contributed by atoms with E-state index in [9.17, 15) is 0 Å². The third-order valence-corrected chi connectivity index (χ3v) is 2.76. The molecule has 1 aliphatic rings. The molecule has 14 heavy (non-hydrogen) atoms. The summed E-state index contributed by atoms with van der Waals surface area (Å²) in [6, 6.07) is 0.280. The molecule has 1 atom stereocenters. The fraction of sp³-hybridized carbons (Fsp3) is 0.818. The van der Waals surface area contributed by atoms with Gasteiger partial charge in [-0.15, -0.1) is 6.58 Å². The van der Waals surface area contributed by atoms with Crippen molar-refractivity contribution in [3.05, 3.63) is 12.7 Å². The highest BCUT2D eigenvalue weighted by Gasteiger charge is 2.31. The predicted molar refractivity (Wildman–Crippen MR) is 57.0 cm³/mol. The first-order valence-electron chi connectivity index (χ1n) is 5.40. The third kappa shape index (κ3) is 3.78. The lowest BCUT2D eigenvalue weighted by Gasteiger charge is -2.22. The summed E-state index contributed by atoms with van der Waals surface area (Å²) in [4.78, 5) is 0. The average molecular weight is 199 g/mol. The van der Waals surface area contributed by atoms with Gasteiger partial charge in [0, 0.05) is 6.04 Å². The molecule has 3 nitrogen and oxygen atoms in total. The summed E-state index contributed by atoms with van der Waals surface area (Å²) in [5.41, 5.74) is 0. The van der Waals surface area contributed by atoms with Crippen LogP contribution in [0.5, 0.6) is 0 Å². The van der Waals surface area contributed by atoms with E-state index in [-0.39, 0.29) is 19.3 Å². The summed E-state index contributed by atoms with van der Waals surface area (Å²) in [6.07, 6.45) is 6.53. The SMILES string of the molecule is C=CCCC(NC(CO)CO)C1CC1. The minimum Gasteiger partial charge on any atom is -0.395 e. The van der Waals surface area contributed by atoms with Crippen LogP contribution in [0.1, 0.15) is 25.7 Å². The smallest absolute Gasteiger partial charge is 0.0607 e. The minimum atomic E-state index is -0.162. The molecule has 3 heteroatoms. The molecule has 1 aliphatic carbocycles. The van der Waals surface area contributed by atoms with Crippen molar-refractivity contribution in [2.75, 3.05) is 13.2 Å². The first kappa shape index (κ1) is 11.7. The van der Waals surface area contributed by atoms with Gasteiger partial charge in [0.15, 0.2) is 0 Å². The van der Waals surface area contributed by atoms with Crippen LogP contribution in [-0.2, 0) is 0 Å². The highest BCUT2D eigenvalue weighted by atomic mass is 16.3. The van der Waals surface area contributed by atoms with Gasteiger partial charge >= 0.3 is 0 Å². The second kappa shape index (κ2) is 6.17. The zero-order valence-electron chi connectivity index (χ0n) is 8.65. The van der Waals surface area contributed by atoms with Gasteiger partial charge < -0.3 is 15.5 Å². The molecule has 0 aromatic heterocycles. The van der Waals surface area contributed by atoms with Crippen LogP contribution in [0.2, 0.25) is 0 Å². The molecule has 1 rings (SSSR count). The van der Waals surface area contributed by atoms with Gasteiger partial charge in [-0.25, -0.2) is 0 Å². The molecule has 0 aliphatic heterocycles.